The lowest BCUT2D eigenvalue weighted by molar-refractivity contribution is 0.126. The molecule has 2 aromatic heterocycles. The third-order valence-corrected chi connectivity index (χ3v) is 3.48. The van der Waals surface area contributed by atoms with Crippen LogP contribution in [0.15, 0.2) is 6.20 Å². The second kappa shape index (κ2) is 4.98. The molecule has 0 spiro atoms. The number of aromatic amines is 1. The molecule has 1 aliphatic carbocycles. The van der Waals surface area contributed by atoms with E-state index in [2.05, 4.69) is 30.9 Å². The molecule has 1 aliphatic rings. The fourth-order valence-corrected chi connectivity index (χ4v) is 2.42. The van der Waals surface area contributed by atoms with Crippen molar-refractivity contribution < 1.29 is 5.11 Å². The molecule has 2 heterocycles. The highest BCUT2D eigenvalue weighted by molar-refractivity contribution is 5.87. The zero-order valence-electron chi connectivity index (χ0n) is 10.4. The second-order valence-corrected chi connectivity index (χ2v) is 4.82. The number of hydrogen-bond acceptors (Lipinski definition) is 7. The third-order valence-electron chi connectivity index (χ3n) is 3.48. The fraction of sp³-hybridized carbons (Fsp3) is 0.545. The van der Waals surface area contributed by atoms with Gasteiger partial charge in [-0.25, -0.2) is 5.84 Å². The van der Waals surface area contributed by atoms with E-state index in [1.807, 2.05) is 0 Å². The van der Waals surface area contributed by atoms with Gasteiger partial charge in [0, 0.05) is 6.04 Å². The molecule has 2 aromatic rings. The Bertz CT molecular complexity index is 561. The number of rotatable bonds is 3. The first-order valence-electron chi connectivity index (χ1n) is 6.38. The van der Waals surface area contributed by atoms with Gasteiger partial charge in [0.2, 0.25) is 5.95 Å². The molecule has 0 radical (unpaired) electrons. The van der Waals surface area contributed by atoms with Crippen LogP contribution in [0.1, 0.15) is 25.7 Å². The van der Waals surface area contributed by atoms with Gasteiger partial charge in [-0.15, -0.1) is 0 Å². The lowest BCUT2D eigenvalue weighted by Crippen LogP contribution is -2.28. The highest BCUT2D eigenvalue weighted by atomic mass is 16.3. The molecular formula is C11H17N7O. The van der Waals surface area contributed by atoms with Crippen molar-refractivity contribution in [2.24, 2.45) is 5.84 Å². The van der Waals surface area contributed by atoms with Gasteiger partial charge in [0.15, 0.2) is 5.65 Å². The molecular weight excluding hydrogens is 246 g/mol. The summed E-state index contributed by atoms with van der Waals surface area (Å²) >= 11 is 0. The number of fused-ring (bicyclic) bond motifs is 1. The Morgan fingerprint density at radius 2 is 2.05 bits per heavy atom. The lowest BCUT2D eigenvalue weighted by Gasteiger charge is -2.26. The zero-order chi connectivity index (χ0) is 13.2. The number of aliphatic hydroxyl groups is 1. The van der Waals surface area contributed by atoms with Crippen LogP contribution < -0.4 is 16.6 Å². The van der Waals surface area contributed by atoms with Crippen molar-refractivity contribution in [3.05, 3.63) is 6.20 Å². The van der Waals surface area contributed by atoms with Gasteiger partial charge in [-0.05, 0) is 25.7 Å². The van der Waals surface area contributed by atoms with Gasteiger partial charge in [-0.2, -0.15) is 15.1 Å². The SMILES string of the molecule is NNc1nc(NC2CCC(O)CC2)c2cn[nH]c2n1. The van der Waals surface area contributed by atoms with E-state index in [1.54, 1.807) is 6.20 Å². The van der Waals surface area contributed by atoms with Crippen molar-refractivity contribution in [1.29, 1.82) is 0 Å². The van der Waals surface area contributed by atoms with E-state index in [1.165, 1.54) is 0 Å². The van der Waals surface area contributed by atoms with E-state index < -0.39 is 0 Å². The van der Waals surface area contributed by atoms with E-state index >= 15 is 0 Å². The van der Waals surface area contributed by atoms with Gasteiger partial charge in [-0.1, -0.05) is 0 Å². The Balaban J connectivity index is 1.85. The summed E-state index contributed by atoms with van der Waals surface area (Å²) in [6.45, 7) is 0. The summed E-state index contributed by atoms with van der Waals surface area (Å²) in [6, 6.07) is 0.307. The van der Waals surface area contributed by atoms with E-state index in [0.717, 1.165) is 31.1 Å². The number of nitrogens with zero attached hydrogens (tertiary/aromatic N) is 3. The van der Waals surface area contributed by atoms with Gasteiger partial charge in [-0.3, -0.25) is 10.5 Å². The molecule has 0 bridgehead atoms. The van der Waals surface area contributed by atoms with Crippen molar-refractivity contribution in [1.82, 2.24) is 20.2 Å². The first-order chi connectivity index (χ1) is 9.26. The molecule has 0 aliphatic heterocycles. The van der Waals surface area contributed by atoms with Crippen molar-refractivity contribution in [3.8, 4) is 0 Å². The molecule has 8 heteroatoms. The molecule has 0 amide bonds. The zero-order valence-corrected chi connectivity index (χ0v) is 10.4. The maximum absolute atomic E-state index is 9.52. The largest absolute Gasteiger partial charge is 0.393 e. The number of hydrazine groups is 1. The highest BCUT2D eigenvalue weighted by Gasteiger charge is 2.20. The Labute approximate surface area is 109 Å². The number of nitrogen functional groups attached to an aromatic ring is 1. The van der Waals surface area contributed by atoms with Crippen LogP contribution in [-0.4, -0.2) is 37.4 Å². The predicted molar refractivity (Wildman–Crippen MR) is 71.4 cm³/mol. The van der Waals surface area contributed by atoms with Crippen LogP contribution in [0.25, 0.3) is 11.0 Å². The average molecular weight is 263 g/mol. The Hall–Kier alpha value is -1.93. The molecule has 1 saturated carbocycles. The summed E-state index contributed by atoms with van der Waals surface area (Å²) in [5.74, 6) is 6.42. The summed E-state index contributed by atoms with van der Waals surface area (Å²) in [5, 5.41) is 20.5. The van der Waals surface area contributed by atoms with Crippen LogP contribution in [0, 0.1) is 0 Å². The van der Waals surface area contributed by atoms with Crippen LogP contribution in [-0.2, 0) is 0 Å². The van der Waals surface area contributed by atoms with E-state index in [9.17, 15) is 5.11 Å². The minimum Gasteiger partial charge on any atom is -0.393 e. The molecule has 8 nitrogen and oxygen atoms in total. The Morgan fingerprint density at radius 1 is 1.26 bits per heavy atom. The van der Waals surface area contributed by atoms with E-state index in [0.29, 0.717) is 23.5 Å². The maximum Gasteiger partial charge on any atom is 0.241 e. The summed E-state index contributed by atoms with van der Waals surface area (Å²) < 4.78 is 0. The number of anilines is 2. The van der Waals surface area contributed by atoms with Gasteiger partial charge in [0.1, 0.15) is 5.82 Å². The number of aliphatic hydroxyl groups excluding tert-OH is 1. The summed E-state index contributed by atoms with van der Waals surface area (Å²) in [7, 11) is 0. The molecule has 6 N–H and O–H groups in total. The highest BCUT2D eigenvalue weighted by Crippen LogP contribution is 2.25. The normalized spacial score (nSPS) is 23.5. The summed E-state index contributed by atoms with van der Waals surface area (Å²) in [4.78, 5) is 8.50. The molecule has 3 rings (SSSR count). The van der Waals surface area contributed by atoms with Crippen LogP contribution in [0.5, 0.6) is 0 Å². The summed E-state index contributed by atoms with van der Waals surface area (Å²) in [5.41, 5.74) is 3.08. The number of nitrogens with one attached hydrogen (secondary N) is 3. The number of nitrogens with two attached hydrogens (primary N) is 1. The molecule has 19 heavy (non-hydrogen) atoms. The topological polar surface area (TPSA) is 125 Å². The van der Waals surface area contributed by atoms with E-state index in [-0.39, 0.29) is 6.10 Å². The Kier molecular flexibility index (Phi) is 3.18. The predicted octanol–water partition coefficient (Wildman–Crippen LogP) is 0.354. The smallest absolute Gasteiger partial charge is 0.241 e. The Morgan fingerprint density at radius 3 is 2.79 bits per heavy atom. The molecule has 0 unspecified atom stereocenters. The molecule has 1 fully saturated rings. The fourth-order valence-electron chi connectivity index (χ4n) is 2.42. The first kappa shape index (κ1) is 12.1. The van der Waals surface area contributed by atoms with Gasteiger partial charge in [0.25, 0.3) is 0 Å². The average Bonchev–Trinajstić information content (AvgIpc) is 2.89. The van der Waals surface area contributed by atoms with Gasteiger partial charge >= 0.3 is 0 Å². The maximum atomic E-state index is 9.52. The van der Waals surface area contributed by atoms with Crippen LogP contribution in [0.3, 0.4) is 0 Å². The standard InChI is InChI=1S/C11H17N7O/c12-17-11-15-9(8-5-13-18-10(8)16-11)14-6-1-3-7(19)4-2-6/h5-7,19H,1-4,12H2,(H3,13,14,15,16,17,18). The van der Waals surface area contributed by atoms with Crippen molar-refractivity contribution >= 4 is 22.8 Å². The third kappa shape index (κ3) is 2.45. The summed E-state index contributed by atoms with van der Waals surface area (Å²) in [6.07, 6.45) is 5.01. The minimum absolute atomic E-state index is 0.168. The molecule has 0 saturated heterocycles. The van der Waals surface area contributed by atoms with Crippen molar-refractivity contribution in [3.63, 3.8) is 0 Å². The van der Waals surface area contributed by atoms with E-state index in [4.69, 9.17) is 5.84 Å². The van der Waals surface area contributed by atoms with Gasteiger partial charge < -0.3 is 10.4 Å². The number of hydrogen-bond donors (Lipinski definition) is 5. The van der Waals surface area contributed by atoms with Crippen molar-refractivity contribution in [2.45, 2.75) is 37.8 Å². The second-order valence-electron chi connectivity index (χ2n) is 4.82. The van der Waals surface area contributed by atoms with Crippen molar-refractivity contribution in [2.75, 3.05) is 10.7 Å². The number of H-pyrrole nitrogens is 1. The van der Waals surface area contributed by atoms with Crippen LogP contribution >= 0.6 is 0 Å². The minimum atomic E-state index is -0.168. The van der Waals surface area contributed by atoms with Crippen LogP contribution in [0.4, 0.5) is 11.8 Å². The van der Waals surface area contributed by atoms with Gasteiger partial charge in [0.05, 0.1) is 17.7 Å². The number of aromatic nitrogens is 4. The van der Waals surface area contributed by atoms with Crippen LogP contribution in [0.2, 0.25) is 0 Å². The lowest BCUT2D eigenvalue weighted by atomic mass is 9.93. The molecule has 0 aromatic carbocycles. The molecule has 0 atom stereocenters. The first-order valence-corrected chi connectivity index (χ1v) is 6.38. The quantitative estimate of drug-likeness (QED) is 0.400. The monoisotopic (exact) mass is 263 g/mol. The molecule has 102 valence electrons.